The molecule has 0 aliphatic carbocycles. The number of aromatic nitrogens is 6. The summed E-state index contributed by atoms with van der Waals surface area (Å²) in [6.07, 6.45) is 4.72. The molecule has 0 atom stereocenters. The zero-order valence-corrected chi connectivity index (χ0v) is 17.0. The first-order valence-corrected chi connectivity index (χ1v) is 10.3. The van der Waals surface area contributed by atoms with Gasteiger partial charge in [-0.15, -0.1) is 5.10 Å². The van der Waals surface area contributed by atoms with E-state index in [1.807, 2.05) is 37.6 Å². The largest absolute Gasteiger partial charge is 0.371 e. The molecule has 0 bridgehead atoms. The molecule has 31 heavy (non-hydrogen) atoms. The number of nitrogens with zero attached hydrogens (tertiary/aromatic N) is 7. The van der Waals surface area contributed by atoms with E-state index in [2.05, 4.69) is 30.8 Å². The van der Waals surface area contributed by atoms with Gasteiger partial charge in [0.2, 0.25) is 5.95 Å². The third-order valence-corrected chi connectivity index (χ3v) is 5.60. The minimum Gasteiger partial charge on any atom is -0.371 e. The summed E-state index contributed by atoms with van der Waals surface area (Å²) in [4.78, 5) is 11.1. The summed E-state index contributed by atoms with van der Waals surface area (Å²) in [5, 5.41) is 15.3. The van der Waals surface area contributed by atoms with Gasteiger partial charge in [0.15, 0.2) is 11.5 Å². The molecule has 1 fully saturated rings. The first-order valence-electron chi connectivity index (χ1n) is 10.3. The zero-order valence-electron chi connectivity index (χ0n) is 17.0. The molecule has 5 rings (SSSR count). The minimum absolute atomic E-state index is 0.150. The number of hydrogen-bond donors (Lipinski definition) is 2. The van der Waals surface area contributed by atoms with Crippen LogP contribution in [0.15, 0.2) is 36.8 Å². The lowest BCUT2D eigenvalue weighted by Gasteiger charge is -2.32. The van der Waals surface area contributed by atoms with Crippen LogP contribution >= 0.6 is 0 Å². The Labute approximate surface area is 177 Å². The summed E-state index contributed by atoms with van der Waals surface area (Å²) in [6, 6.07) is 5.88. The maximum Gasteiger partial charge on any atom is 0.251 e. The van der Waals surface area contributed by atoms with Gasteiger partial charge in [-0.3, -0.25) is 4.90 Å². The van der Waals surface area contributed by atoms with E-state index in [0.717, 1.165) is 35.3 Å². The number of rotatable bonds is 6. The number of anilines is 2. The van der Waals surface area contributed by atoms with E-state index < -0.39 is 6.43 Å². The van der Waals surface area contributed by atoms with Crippen molar-refractivity contribution in [1.82, 2.24) is 34.1 Å². The third-order valence-electron chi connectivity index (χ3n) is 5.60. The Morgan fingerprint density at radius 2 is 1.90 bits per heavy atom. The Bertz CT molecular complexity index is 1190. The number of piperidine rings is 1. The van der Waals surface area contributed by atoms with Gasteiger partial charge in [-0.2, -0.15) is 10.1 Å². The van der Waals surface area contributed by atoms with Gasteiger partial charge in [-0.1, -0.05) is 0 Å². The summed E-state index contributed by atoms with van der Waals surface area (Å²) in [5.74, 6) is 1.19. The summed E-state index contributed by atoms with van der Waals surface area (Å²) in [5.41, 5.74) is 3.32. The lowest BCUT2D eigenvalue weighted by molar-refractivity contribution is 0.0769. The Morgan fingerprint density at radius 3 is 2.68 bits per heavy atom. The molecule has 2 N–H and O–H groups in total. The molecule has 5 heterocycles. The maximum absolute atomic E-state index is 12.6. The Hall–Kier alpha value is -3.34. The summed E-state index contributed by atoms with van der Waals surface area (Å²) < 4.78 is 28.7. The highest BCUT2D eigenvalue weighted by Gasteiger charge is 2.23. The van der Waals surface area contributed by atoms with Crippen molar-refractivity contribution < 1.29 is 8.78 Å². The molecule has 0 spiro atoms. The van der Waals surface area contributed by atoms with E-state index in [0.29, 0.717) is 24.9 Å². The van der Waals surface area contributed by atoms with E-state index in [1.165, 1.54) is 0 Å². The van der Waals surface area contributed by atoms with Crippen molar-refractivity contribution in [3.8, 4) is 11.3 Å². The number of likely N-dealkylation sites (tertiary alicyclic amines) is 1. The average molecular weight is 427 g/mol. The topological polar surface area (TPSA) is 87.7 Å². The average Bonchev–Trinajstić information content (AvgIpc) is 3.40. The van der Waals surface area contributed by atoms with Crippen molar-refractivity contribution in [3.05, 3.63) is 36.8 Å². The fourth-order valence-electron chi connectivity index (χ4n) is 4.07. The van der Waals surface area contributed by atoms with E-state index in [4.69, 9.17) is 0 Å². The second-order valence-electron chi connectivity index (χ2n) is 7.61. The molecule has 0 unspecified atom stereocenters. The predicted octanol–water partition coefficient (Wildman–Crippen LogP) is 2.62. The van der Waals surface area contributed by atoms with Crippen LogP contribution in [0.2, 0.25) is 0 Å². The summed E-state index contributed by atoms with van der Waals surface area (Å²) in [7, 11) is 1.82. The molecule has 9 nitrogen and oxygen atoms in total. The van der Waals surface area contributed by atoms with Gasteiger partial charge in [-0.05, 0) is 25.0 Å². The molecule has 1 aliphatic rings. The molecule has 0 radical (unpaired) electrons. The van der Waals surface area contributed by atoms with Crippen LogP contribution in [0.4, 0.5) is 20.5 Å². The Morgan fingerprint density at radius 1 is 1.10 bits per heavy atom. The highest BCUT2D eigenvalue weighted by molar-refractivity contribution is 5.87. The van der Waals surface area contributed by atoms with E-state index in [1.54, 1.807) is 20.1 Å². The maximum atomic E-state index is 12.6. The molecule has 0 amide bonds. The van der Waals surface area contributed by atoms with Crippen LogP contribution in [0.3, 0.4) is 0 Å². The monoisotopic (exact) mass is 427 g/mol. The fourth-order valence-corrected chi connectivity index (χ4v) is 4.07. The standard InChI is InChI=1S/C20H23F2N9/c1-23-19-18-14(15-6-11-30-17(26-15)2-7-24-30)5-10-31(18)28-20(27-19)25-13-3-8-29(9-4-13)12-16(21)22/h2,5-7,10-11,13,16H,3-4,8-9,12H2,1H3,(H2,23,25,27,28). The lowest BCUT2D eigenvalue weighted by atomic mass is 10.1. The van der Waals surface area contributed by atoms with Gasteiger partial charge in [0.1, 0.15) is 5.52 Å². The van der Waals surface area contributed by atoms with Crippen molar-refractivity contribution in [2.45, 2.75) is 25.3 Å². The predicted molar refractivity (Wildman–Crippen MR) is 114 cm³/mol. The molecule has 1 saturated heterocycles. The van der Waals surface area contributed by atoms with Crippen molar-refractivity contribution in [1.29, 1.82) is 0 Å². The van der Waals surface area contributed by atoms with Crippen molar-refractivity contribution >= 4 is 22.9 Å². The van der Waals surface area contributed by atoms with Crippen molar-refractivity contribution in [2.24, 2.45) is 0 Å². The molecule has 0 aromatic carbocycles. The minimum atomic E-state index is -2.29. The van der Waals surface area contributed by atoms with Gasteiger partial charge in [0.25, 0.3) is 6.43 Å². The van der Waals surface area contributed by atoms with Crippen molar-refractivity contribution in [2.75, 3.05) is 37.3 Å². The molecule has 162 valence electrons. The number of alkyl halides is 2. The van der Waals surface area contributed by atoms with Crippen LogP contribution in [0.25, 0.3) is 22.4 Å². The Balaban J connectivity index is 1.39. The normalized spacial score (nSPS) is 15.9. The first kappa shape index (κ1) is 19.6. The highest BCUT2D eigenvalue weighted by Crippen LogP contribution is 2.29. The van der Waals surface area contributed by atoms with Gasteiger partial charge in [0, 0.05) is 50.2 Å². The van der Waals surface area contributed by atoms with E-state index >= 15 is 0 Å². The molecular weight excluding hydrogens is 404 g/mol. The lowest BCUT2D eigenvalue weighted by Crippen LogP contribution is -2.41. The Kier molecular flexibility index (Phi) is 5.10. The number of hydrogen-bond acceptors (Lipinski definition) is 7. The summed E-state index contributed by atoms with van der Waals surface area (Å²) >= 11 is 0. The molecule has 11 heteroatoms. The number of nitrogens with one attached hydrogen (secondary N) is 2. The smallest absolute Gasteiger partial charge is 0.251 e. The van der Waals surface area contributed by atoms with E-state index in [9.17, 15) is 8.78 Å². The number of halogens is 2. The van der Waals surface area contributed by atoms with Crippen LogP contribution in [-0.2, 0) is 0 Å². The molecular formula is C20H23F2N9. The van der Waals surface area contributed by atoms with Crippen LogP contribution in [0, 0.1) is 0 Å². The van der Waals surface area contributed by atoms with Gasteiger partial charge >= 0.3 is 0 Å². The molecule has 4 aromatic rings. The second kappa shape index (κ2) is 8.06. The summed E-state index contributed by atoms with van der Waals surface area (Å²) in [6.45, 7) is 1.11. The van der Waals surface area contributed by atoms with Crippen LogP contribution in [0.5, 0.6) is 0 Å². The third kappa shape index (κ3) is 3.88. The van der Waals surface area contributed by atoms with Gasteiger partial charge in [-0.25, -0.2) is 22.8 Å². The van der Waals surface area contributed by atoms with Crippen LogP contribution < -0.4 is 10.6 Å². The highest BCUT2D eigenvalue weighted by atomic mass is 19.3. The van der Waals surface area contributed by atoms with Gasteiger partial charge in [0.05, 0.1) is 18.4 Å². The number of fused-ring (bicyclic) bond motifs is 2. The van der Waals surface area contributed by atoms with Gasteiger partial charge < -0.3 is 10.6 Å². The molecule has 4 aromatic heterocycles. The first-order chi connectivity index (χ1) is 15.1. The molecule has 0 saturated carbocycles. The SMILES string of the molecule is CNc1nc(NC2CCN(CC(F)F)CC2)nn2ccc(-c3ccn4nccc4n3)c12. The molecule has 1 aliphatic heterocycles. The van der Waals surface area contributed by atoms with Crippen LogP contribution in [-0.4, -0.2) is 73.2 Å². The quantitative estimate of drug-likeness (QED) is 0.489. The van der Waals surface area contributed by atoms with E-state index in [-0.39, 0.29) is 12.6 Å². The van der Waals surface area contributed by atoms with Crippen LogP contribution in [0.1, 0.15) is 12.8 Å². The zero-order chi connectivity index (χ0) is 21.4. The van der Waals surface area contributed by atoms with Crippen molar-refractivity contribution in [3.63, 3.8) is 0 Å². The second-order valence-corrected chi connectivity index (χ2v) is 7.61. The fraction of sp³-hybridized carbons (Fsp3) is 0.400.